The normalized spacial score (nSPS) is 26.6. The molecule has 2 saturated heterocycles. The van der Waals surface area contributed by atoms with Crippen LogP contribution >= 0.6 is 0 Å². The van der Waals surface area contributed by atoms with Crippen molar-refractivity contribution in [3.63, 3.8) is 0 Å². The van der Waals surface area contributed by atoms with E-state index in [9.17, 15) is 0 Å². The molecule has 0 aliphatic carbocycles. The van der Waals surface area contributed by atoms with Gasteiger partial charge in [-0.1, -0.05) is 6.07 Å². The molecular weight excluding hydrogens is 328 g/mol. The highest BCUT2D eigenvalue weighted by molar-refractivity contribution is 5.08. The quantitative estimate of drug-likeness (QED) is 0.792. The monoisotopic (exact) mass is 356 g/mol. The number of fused-ring (bicyclic) bond motifs is 1. The van der Waals surface area contributed by atoms with Crippen molar-refractivity contribution < 1.29 is 13.9 Å². The second-order valence-corrected chi connectivity index (χ2v) is 7.69. The van der Waals surface area contributed by atoms with Crippen molar-refractivity contribution in [2.24, 2.45) is 5.41 Å². The Kier molecular flexibility index (Phi) is 5.38. The average Bonchev–Trinajstić information content (AvgIpc) is 3.07. The van der Waals surface area contributed by atoms with Gasteiger partial charge in [-0.05, 0) is 49.9 Å². The van der Waals surface area contributed by atoms with E-state index in [1.54, 1.807) is 6.20 Å². The fourth-order valence-corrected chi connectivity index (χ4v) is 4.37. The van der Waals surface area contributed by atoms with Gasteiger partial charge in [0.2, 0.25) is 0 Å². The molecule has 2 unspecified atom stereocenters. The Morgan fingerprint density at radius 3 is 3.12 bits per heavy atom. The van der Waals surface area contributed by atoms with Crippen LogP contribution in [0.4, 0.5) is 0 Å². The predicted molar refractivity (Wildman–Crippen MR) is 98.6 cm³/mol. The van der Waals surface area contributed by atoms with Gasteiger partial charge in [0, 0.05) is 37.5 Å². The first-order valence-corrected chi connectivity index (χ1v) is 9.59. The Labute approximate surface area is 155 Å². The van der Waals surface area contributed by atoms with Crippen LogP contribution in [0, 0.1) is 12.3 Å². The number of ether oxygens (including phenoxy) is 2. The average molecular weight is 356 g/mol. The van der Waals surface area contributed by atoms with E-state index < -0.39 is 0 Å². The standard InChI is InChI=1S/C21H28N2O3/c1-17-5-6-19(26-17)13-23-10-7-20-21(15-23,8-3-11-25-20)16-24-14-18-4-2-9-22-12-18/h2,4-6,9,12,20H,3,7-8,10-11,13-16H2,1H3. The number of aromatic nitrogens is 1. The maximum atomic E-state index is 6.15. The second kappa shape index (κ2) is 7.91. The Bertz CT molecular complexity index is 702. The molecule has 5 nitrogen and oxygen atoms in total. The molecular formula is C21H28N2O3. The number of aryl methyl sites for hydroxylation is 1. The van der Waals surface area contributed by atoms with Crippen molar-refractivity contribution in [2.75, 3.05) is 26.3 Å². The molecule has 4 heterocycles. The van der Waals surface area contributed by atoms with Crippen LogP contribution in [0.2, 0.25) is 0 Å². The van der Waals surface area contributed by atoms with Crippen LogP contribution in [0.1, 0.15) is 36.3 Å². The molecule has 0 amide bonds. The molecule has 4 rings (SSSR count). The maximum absolute atomic E-state index is 6.15. The highest BCUT2D eigenvalue weighted by atomic mass is 16.5. The van der Waals surface area contributed by atoms with Gasteiger partial charge in [-0.2, -0.15) is 0 Å². The van der Waals surface area contributed by atoms with Crippen LogP contribution in [0.15, 0.2) is 41.1 Å². The van der Waals surface area contributed by atoms with Gasteiger partial charge in [-0.15, -0.1) is 0 Å². The van der Waals surface area contributed by atoms with E-state index in [2.05, 4.69) is 22.0 Å². The molecule has 2 aliphatic heterocycles. The molecule has 2 aliphatic rings. The Morgan fingerprint density at radius 2 is 2.31 bits per heavy atom. The topological polar surface area (TPSA) is 47.7 Å². The van der Waals surface area contributed by atoms with E-state index in [0.29, 0.717) is 12.7 Å². The van der Waals surface area contributed by atoms with Crippen LogP contribution in [0.25, 0.3) is 0 Å². The Morgan fingerprint density at radius 1 is 1.35 bits per heavy atom. The number of hydrogen-bond acceptors (Lipinski definition) is 5. The third kappa shape index (κ3) is 4.00. The smallest absolute Gasteiger partial charge is 0.118 e. The minimum absolute atomic E-state index is 0.0837. The molecule has 0 bridgehead atoms. The van der Waals surface area contributed by atoms with E-state index >= 15 is 0 Å². The number of nitrogens with zero attached hydrogens (tertiary/aromatic N) is 2. The molecule has 140 valence electrons. The van der Waals surface area contributed by atoms with Crippen molar-refractivity contribution in [3.8, 4) is 0 Å². The Hall–Kier alpha value is -1.69. The summed E-state index contributed by atoms with van der Waals surface area (Å²) in [7, 11) is 0. The predicted octanol–water partition coefficient (Wildman–Crippen LogP) is 3.57. The molecule has 26 heavy (non-hydrogen) atoms. The number of hydrogen-bond donors (Lipinski definition) is 0. The minimum Gasteiger partial charge on any atom is -0.465 e. The van der Waals surface area contributed by atoms with Crippen molar-refractivity contribution in [1.29, 1.82) is 0 Å². The summed E-state index contributed by atoms with van der Waals surface area (Å²) in [4.78, 5) is 6.66. The summed E-state index contributed by atoms with van der Waals surface area (Å²) in [6, 6.07) is 8.14. The van der Waals surface area contributed by atoms with Crippen LogP contribution in [-0.4, -0.2) is 42.3 Å². The molecule has 2 aromatic rings. The number of rotatable bonds is 6. The highest BCUT2D eigenvalue weighted by Crippen LogP contribution is 2.41. The van der Waals surface area contributed by atoms with Gasteiger partial charge in [-0.3, -0.25) is 9.88 Å². The molecule has 2 atom stereocenters. The molecule has 2 fully saturated rings. The molecule has 0 radical (unpaired) electrons. The fourth-order valence-electron chi connectivity index (χ4n) is 4.37. The van der Waals surface area contributed by atoms with Gasteiger partial charge >= 0.3 is 0 Å². The largest absolute Gasteiger partial charge is 0.465 e. The summed E-state index contributed by atoms with van der Waals surface area (Å²) < 4.78 is 18.1. The zero-order valence-corrected chi connectivity index (χ0v) is 15.5. The number of furan rings is 1. The lowest BCUT2D eigenvalue weighted by molar-refractivity contribution is -0.156. The van der Waals surface area contributed by atoms with E-state index in [-0.39, 0.29) is 5.41 Å². The van der Waals surface area contributed by atoms with Crippen molar-refractivity contribution in [3.05, 3.63) is 53.7 Å². The lowest BCUT2D eigenvalue weighted by Crippen LogP contribution is -2.56. The molecule has 2 aromatic heterocycles. The summed E-state index contributed by atoms with van der Waals surface area (Å²) in [5.74, 6) is 2.02. The van der Waals surface area contributed by atoms with Crippen molar-refractivity contribution in [2.45, 2.75) is 45.4 Å². The summed E-state index contributed by atoms with van der Waals surface area (Å²) in [5, 5.41) is 0. The highest BCUT2D eigenvalue weighted by Gasteiger charge is 2.46. The molecule has 0 saturated carbocycles. The molecule has 0 N–H and O–H groups in total. The zero-order chi connectivity index (χ0) is 17.8. The van der Waals surface area contributed by atoms with E-state index in [4.69, 9.17) is 13.9 Å². The van der Waals surface area contributed by atoms with Gasteiger partial charge < -0.3 is 13.9 Å². The minimum atomic E-state index is 0.0837. The van der Waals surface area contributed by atoms with Gasteiger partial charge in [0.15, 0.2) is 0 Å². The lowest BCUT2D eigenvalue weighted by atomic mass is 9.73. The van der Waals surface area contributed by atoms with Gasteiger partial charge in [0.1, 0.15) is 11.5 Å². The van der Waals surface area contributed by atoms with Crippen molar-refractivity contribution >= 4 is 0 Å². The van der Waals surface area contributed by atoms with Crippen LogP contribution in [0.3, 0.4) is 0 Å². The third-order valence-corrected chi connectivity index (χ3v) is 5.62. The first-order valence-electron chi connectivity index (χ1n) is 9.59. The molecule has 0 spiro atoms. The second-order valence-electron chi connectivity index (χ2n) is 7.69. The van der Waals surface area contributed by atoms with Crippen LogP contribution in [-0.2, 0) is 22.6 Å². The van der Waals surface area contributed by atoms with Gasteiger partial charge in [-0.25, -0.2) is 0 Å². The third-order valence-electron chi connectivity index (χ3n) is 5.62. The summed E-state index contributed by atoms with van der Waals surface area (Å²) >= 11 is 0. The SMILES string of the molecule is Cc1ccc(CN2CCC3OCCCC3(COCc3cccnc3)C2)o1. The zero-order valence-electron chi connectivity index (χ0n) is 15.5. The van der Waals surface area contributed by atoms with E-state index in [1.807, 2.05) is 25.3 Å². The van der Waals surface area contributed by atoms with Crippen LogP contribution in [0.5, 0.6) is 0 Å². The van der Waals surface area contributed by atoms with Crippen molar-refractivity contribution in [1.82, 2.24) is 9.88 Å². The summed E-state index contributed by atoms with van der Waals surface area (Å²) in [6.07, 6.45) is 7.32. The first-order chi connectivity index (χ1) is 12.7. The summed E-state index contributed by atoms with van der Waals surface area (Å²) in [6.45, 7) is 7.15. The maximum Gasteiger partial charge on any atom is 0.118 e. The number of piperidine rings is 1. The number of pyridine rings is 1. The van der Waals surface area contributed by atoms with E-state index in [1.165, 1.54) is 6.42 Å². The number of likely N-dealkylation sites (tertiary alicyclic amines) is 1. The van der Waals surface area contributed by atoms with Crippen LogP contribution < -0.4 is 0 Å². The van der Waals surface area contributed by atoms with E-state index in [0.717, 1.165) is 62.8 Å². The molecule has 0 aromatic carbocycles. The molecule has 5 heteroatoms. The lowest BCUT2D eigenvalue weighted by Gasteiger charge is -2.50. The Balaban J connectivity index is 1.40. The first kappa shape index (κ1) is 17.7. The van der Waals surface area contributed by atoms with Gasteiger partial charge in [0.05, 0.1) is 25.9 Å². The van der Waals surface area contributed by atoms with Gasteiger partial charge in [0.25, 0.3) is 0 Å². The summed E-state index contributed by atoms with van der Waals surface area (Å²) in [5.41, 5.74) is 1.20. The fraction of sp³-hybridized carbons (Fsp3) is 0.571.